The summed E-state index contributed by atoms with van der Waals surface area (Å²) in [6.45, 7) is 9.35. The van der Waals surface area contributed by atoms with Crippen LogP contribution in [0.5, 0.6) is 0 Å². The lowest BCUT2D eigenvalue weighted by atomic mass is 9.89. The molecule has 20 heavy (non-hydrogen) atoms. The van der Waals surface area contributed by atoms with E-state index in [2.05, 4.69) is 54.0 Å². The maximum absolute atomic E-state index is 5.74. The van der Waals surface area contributed by atoms with Gasteiger partial charge in [-0.05, 0) is 30.4 Å². The molecule has 0 aliphatic heterocycles. The molecule has 0 saturated carbocycles. The van der Waals surface area contributed by atoms with Crippen molar-refractivity contribution in [3.05, 3.63) is 28.5 Å². The van der Waals surface area contributed by atoms with Crippen LogP contribution in [-0.2, 0) is 18.4 Å². The number of nitrogens with two attached hydrogens (primary N) is 1. The minimum atomic E-state index is -0.0367. The van der Waals surface area contributed by atoms with Gasteiger partial charge in [-0.25, -0.2) is 0 Å². The molecule has 1 atom stereocenters. The first-order valence-corrected chi connectivity index (χ1v) is 7.53. The summed E-state index contributed by atoms with van der Waals surface area (Å²) in [5.41, 5.74) is 5.01. The van der Waals surface area contributed by atoms with Crippen LogP contribution in [0, 0.1) is 0 Å². The third-order valence-corrected chi connectivity index (χ3v) is 4.03. The minimum absolute atomic E-state index is 0.0127. The van der Waals surface area contributed by atoms with Gasteiger partial charge in [-0.1, -0.05) is 25.3 Å². The Morgan fingerprint density at radius 3 is 2.75 bits per heavy atom. The molecule has 0 aliphatic rings. The first kappa shape index (κ1) is 15.1. The lowest BCUT2D eigenvalue weighted by molar-refractivity contribution is 0.515. The Labute approximate surface area is 123 Å². The van der Waals surface area contributed by atoms with Crippen molar-refractivity contribution < 1.29 is 0 Å². The van der Waals surface area contributed by atoms with Crippen LogP contribution in [-0.4, -0.2) is 19.4 Å². The van der Waals surface area contributed by atoms with Gasteiger partial charge in [0.1, 0.15) is 0 Å². The number of hydrogen-bond donors (Lipinski definition) is 2. The average molecular weight is 294 g/mol. The van der Waals surface area contributed by atoms with E-state index in [0.717, 1.165) is 29.1 Å². The molecule has 0 fully saturated rings. The van der Waals surface area contributed by atoms with Gasteiger partial charge >= 0.3 is 0 Å². The maximum Gasteiger partial charge on any atom is 0.0857 e. The lowest BCUT2D eigenvalue weighted by Crippen LogP contribution is -2.31. The van der Waals surface area contributed by atoms with E-state index in [-0.39, 0.29) is 11.5 Å². The third-order valence-electron chi connectivity index (χ3n) is 3.19. The summed E-state index contributed by atoms with van der Waals surface area (Å²) in [5, 5.41) is 8.57. The summed E-state index contributed by atoms with van der Waals surface area (Å²) in [7, 11) is 0. The molecule has 0 spiro atoms. The molecule has 6 nitrogen and oxygen atoms in total. The number of hydrazine groups is 1. The monoisotopic (exact) mass is 294 g/mol. The molecule has 1 unspecified atom stereocenters. The van der Waals surface area contributed by atoms with Crippen LogP contribution in [0.1, 0.15) is 49.9 Å². The Kier molecular flexibility index (Phi) is 4.52. The number of nitrogens with zero attached hydrogens (tertiary/aromatic N) is 4. The Morgan fingerprint density at radius 1 is 1.45 bits per heavy atom. The molecule has 3 N–H and O–H groups in total. The Hall–Kier alpha value is -1.31. The van der Waals surface area contributed by atoms with Crippen LogP contribution in [0.25, 0.3) is 0 Å². The molecular formula is C13H22N6S. The van der Waals surface area contributed by atoms with Crippen molar-refractivity contribution in [2.75, 3.05) is 0 Å². The van der Waals surface area contributed by atoms with Crippen LogP contribution in [0.4, 0.5) is 0 Å². The van der Waals surface area contributed by atoms with Crippen molar-refractivity contribution in [2.24, 2.45) is 5.84 Å². The van der Waals surface area contributed by atoms with Crippen molar-refractivity contribution in [3.8, 4) is 0 Å². The van der Waals surface area contributed by atoms with Crippen molar-refractivity contribution in [2.45, 2.75) is 52.1 Å². The van der Waals surface area contributed by atoms with Crippen LogP contribution in [0.2, 0.25) is 0 Å². The Bertz CT molecular complexity index is 553. The highest BCUT2D eigenvalue weighted by atomic mass is 32.1. The first-order valence-electron chi connectivity index (χ1n) is 6.76. The van der Waals surface area contributed by atoms with Crippen LogP contribution < -0.4 is 11.3 Å². The highest BCUT2D eigenvalue weighted by Gasteiger charge is 2.27. The summed E-state index contributed by atoms with van der Waals surface area (Å²) in [6.07, 6.45) is 4.72. The number of rotatable bonds is 5. The third kappa shape index (κ3) is 3.23. The average Bonchev–Trinajstić information content (AvgIpc) is 3.03. The second-order valence-electron chi connectivity index (χ2n) is 5.86. The van der Waals surface area contributed by atoms with Gasteiger partial charge < -0.3 is 0 Å². The van der Waals surface area contributed by atoms with Crippen molar-refractivity contribution in [1.29, 1.82) is 0 Å². The standard InChI is InChI=1S/C13H22N6S/c1-5-19-8-9(7-15-19)6-10(16-14)11-12(13(2,3)4)17-18-20-11/h7-8,10,16H,5-6,14H2,1-4H3. The largest absolute Gasteiger partial charge is 0.273 e. The van der Waals surface area contributed by atoms with Gasteiger partial charge in [0.25, 0.3) is 0 Å². The van der Waals surface area contributed by atoms with E-state index in [0.29, 0.717) is 0 Å². The van der Waals surface area contributed by atoms with Crippen molar-refractivity contribution in [3.63, 3.8) is 0 Å². The van der Waals surface area contributed by atoms with Crippen LogP contribution in [0.15, 0.2) is 12.4 Å². The Morgan fingerprint density at radius 2 is 2.20 bits per heavy atom. The van der Waals surface area contributed by atoms with E-state index in [1.807, 2.05) is 10.9 Å². The molecule has 0 amide bonds. The highest BCUT2D eigenvalue weighted by molar-refractivity contribution is 7.05. The zero-order valence-electron chi connectivity index (χ0n) is 12.4. The molecule has 2 aromatic rings. The number of hydrogen-bond acceptors (Lipinski definition) is 6. The predicted molar refractivity (Wildman–Crippen MR) is 80.3 cm³/mol. The van der Waals surface area contributed by atoms with Gasteiger partial charge in [-0.3, -0.25) is 16.0 Å². The number of aryl methyl sites for hydroxylation is 1. The second-order valence-corrected chi connectivity index (χ2v) is 6.65. The van der Waals surface area contributed by atoms with Crippen molar-refractivity contribution in [1.82, 2.24) is 24.8 Å². The summed E-state index contributed by atoms with van der Waals surface area (Å²) in [6, 6.07) is 0.0127. The zero-order chi connectivity index (χ0) is 14.8. The van der Waals surface area contributed by atoms with Gasteiger partial charge in [0.2, 0.25) is 0 Å². The first-order chi connectivity index (χ1) is 9.45. The molecule has 110 valence electrons. The van der Waals surface area contributed by atoms with Gasteiger partial charge in [-0.15, -0.1) is 5.10 Å². The summed E-state index contributed by atoms with van der Waals surface area (Å²) < 4.78 is 6.01. The van der Waals surface area contributed by atoms with Crippen LogP contribution >= 0.6 is 11.5 Å². The van der Waals surface area contributed by atoms with E-state index in [4.69, 9.17) is 5.84 Å². The maximum atomic E-state index is 5.74. The van der Waals surface area contributed by atoms with E-state index < -0.39 is 0 Å². The van der Waals surface area contributed by atoms with Gasteiger partial charge in [0.15, 0.2) is 0 Å². The smallest absolute Gasteiger partial charge is 0.0857 e. The fraction of sp³-hybridized carbons (Fsp3) is 0.615. The molecule has 0 aromatic carbocycles. The zero-order valence-corrected chi connectivity index (χ0v) is 13.2. The fourth-order valence-corrected chi connectivity index (χ4v) is 3.02. The predicted octanol–water partition coefficient (Wildman–Crippen LogP) is 1.80. The quantitative estimate of drug-likeness (QED) is 0.649. The molecule has 2 aromatic heterocycles. The highest BCUT2D eigenvalue weighted by Crippen LogP contribution is 2.31. The molecule has 2 heterocycles. The number of nitrogens with one attached hydrogen (secondary N) is 1. The van der Waals surface area contributed by atoms with Gasteiger partial charge in [0, 0.05) is 18.2 Å². The topological polar surface area (TPSA) is 81.7 Å². The summed E-state index contributed by atoms with van der Waals surface area (Å²) >= 11 is 1.41. The minimum Gasteiger partial charge on any atom is -0.273 e. The van der Waals surface area contributed by atoms with Gasteiger partial charge in [0.05, 0.1) is 22.8 Å². The lowest BCUT2D eigenvalue weighted by Gasteiger charge is -2.21. The fourth-order valence-electron chi connectivity index (χ4n) is 2.09. The Balaban J connectivity index is 2.22. The second kappa shape index (κ2) is 5.99. The molecule has 2 rings (SSSR count). The summed E-state index contributed by atoms with van der Waals surface area (Å²) in [5.74, 6) is 5.74. The van der Waals surface area contributed by atoms with E-state index in [1.54, 1.807) is 0 Å². The molecule has 0 aliphatic carbocycles. The molecule has 0 bridgehead atoms. The van der Waals surface area contributed by atoms with Gasteiger partial charge in [-0.2, -0.15) is 5.10 Å². The van der Waals surface area contributed by atoms with Crippen molar-refractivity contribution >= 4 is 11.5 Å². The number of aromatic nitrogens is 4. The normalized spacial score (nSPS) is 13.7. The molecular weight excluding hydrogens is 272 g/mol. The molecule has 7 heteroatoms. The SMILES string of the molecule is CCn1cc(CC(NN)c2snnc2C(C)(C)C)cn1. The van der Waals surface area contributed by atoms with E-state index >= 15 is 0 Å². The summed E-state index contributed by atoms with van der Waals surface area (Å²) in [4.78, 5) is 1.10. The molecule has 0 saturated heterocycles. The van der Waals surface area contributed by atoms with E-state index in [9.17, 15) is 0 Å². The molecule has 0 radical (unpaired) electrons. The van der Waals surface area contributed by atoms with E-state index in [1.165, 1.54) is 11.5 Å². The van der Waals surface area contributed by atoms with Crippen LogP contribution in [0.3, 0.4) is 0 Å².